The van der Waals surface area contributed by atoms with Crippen molar-refractivity contribution in [3.05, 3.63) is 87.7 Å². The molecule has 0 bridgehead atoms. The van der Waals surface area contributed by atoms with E-state index in [0.29, 0.717) is 21.1 Å². The van der Waals surface area contributed by atoms with Crippen molar-refractivity contribution in [3.63, 3.8) is 0 Å². The molecule has 114 valence electrons. The molecule has 0 spiro atoms. The monoisotopic (exact) mass is 358 g/mol. The molecule has 0 aliphatic carbocycles. The third kappa shape index (κ3) is 4.01. The Morgan fingerprint density at radius 2 is 1.61 bits per heavy atom. The van der Waals surface area contributed by atoms with E-state index in [0.717, 1.165) is 5.56 Å². The number of ketones is 1. The highest BCUT2D eigenvalue weighted by Crippen LogP contribution is 2.18. The van der Waals surface area contributed by atoms with Crippen LogP contribution in [0.1, 0.15) is 15.9 Å². The number of rotatable bonds is 4. The average Bonchev–Trinajstić information content (AvgIpc) is 3.00. The fraction of sp³-hybridized carbons (Fsp3) is 0. The second kappa shape index (κ2) is 7.46. The maximum atomic E-state index is 12.5. The Hall–Kier alpha value is -2.08. The first-order valence-corrected chi connectivity index (χ1v) is 9.25. The van der Waals surface area contributed by atoms with Crippen LogP contribution in [0.25, 0.3) is 5.70 Å². The molecule has 1 heterocycles. The number of nitrogens with zero attached hydrogens (tertiary/aromatic N) is 2. The van der Waals surface area contributed by atoms with Gasteiger partial charge >= 0.3 is 0 Å². The summed E-state index contributed by atoms with van der Waals surface area (Å²) in [4.78, 5) is 17.0. The number of hydrogen-bond donors (Lipinski definition) is 0. The summed E-state index contributed by atoms with van der Waals surface area (Å²) in [6, 6.07) is 18.7. The Morgan fingerprint density at radius 3 is 2.17 bits per heavy atom. The Bertz CT molecular complexity index is 899. The standard InChI is InChI=1S/C17H11ClN2OS2/c18-16-17(22-23-20-16)19-14(12-7-3-1-4-8-12)11-15(21)13-9-5-2-6-10-13/h1-11H/b14-11-,19-17?. The summed E-state index contributed by atoms with van der Waals surface area (Å²) in [6.45, 7) is 0. The van der Waals surface area contributed by atoms with Crippen LogP contribution in [-0.4, -0.2) is 10.2 Å². The molecule has 3 rings (SSSR count). The molecule has 0 aliphatic heterocycles. The maximum absolute atomic E-state index is 12.5. The van der Waals surface area contributed by atoms with E-state index in [1.807, 2.05) is 48.5 Å². The van der Waals surface area contributed by atoms with E-state index < -0.39 is 0 Å². The molecule has 3 nitrogen and oxygen atoms in total. The van der Waals surface area contributed by atoms with Crippen LogP contribution in [-0.2, 0) is 0 Å². The molecule has 23 heavy (non-hydrogen) atoms. The first kappa shape index (κ1) is 15.8. The van der Waals surface area contributed by atoms with Crippen molar-refractivity contribution < 1.29 is 4.79 Å². The molecule has 0 atom stereocenters. The van der Waals surface area contributed by atoms with Crippen LogP contribution < -0.4 is 4.67 Å². The molecule has 0 amide bonds. The van der Waals surface area contributed by atoms with Gasteiger partial charge in [0.25, 0.3) is 0 Å². The Kier molecular flexibility index (Phi) is 5.12. The van der Waals surface area contributed by atoms with E-state index in [1.54, 1.807) is 12.1 Å². The van der Waals surface area contributed by atoms with Crippen LogP contribution in [0.5, 0.6) is 0 Å². The zero-order chi connectivity index (χ0) is 16.1. The molecule has 1 aromatic heterocycles. The van der Waals surface area contributed by atoms with E-state index in [4.69, 9.17) is 11.6 Å². The molecule has 0 radical (unpaired) electrons. The lowest BCUT2D eigenvalue weighted by atomic mass is 10.1. The van der Waals surface area contributed by atoms with Gasteiger partial charge in [-0.2, -0.15) is 4.37 Å². The highest BCUT2D eigenvalue weighted by molar-refractivity contribution is 7.66. The lowest BCUT2D eigenvalue weighted by molar-refractivity contribution is 0.104. The third-order valence-corrected chi connectivity index (χ3v) is 5.20. The minimum absolute atomic E-state index is 0.0995. The van der Waals surface area contributed by atoms with Crippen molar-refractivity contribution in [2.75, 3.05) is 0 Å². The Labute approximate surface area is 145 Å². The molecule has 0 saturated heterocycles. The molecule has 0 unspecified atom stereocenters. The van der Waals surface area contributed by atoms with Crippen LogP contribution in [0.4, 0.5) is 0 Å². The van der Waals surface area contributed by atoms with Crippen LogP contribution in [0.2, 0.25) is 5.15 Å². The van der Waals surface area contributed by atoms with Gasteiger partial charge in [0.2, 0.25) is 0 Å². The van der Waals surface area contributed by atoms with Gasteiger partial charge in [0.1, 0.15) is 0 Å². The van der Waals surface area contributed by atoms with Crippen LogP contribution in [0.3, 0.4) is 0 Å². The van der Waals surface area contributed by atoms with Gasteiger partial charge in [0.15, 0.2) is 15.6 Å². The topological polar surface area (TPSA) is 42.3 Å². The van der Waals surface area contributed by atoms with E-state index in [9.17, 15) is 4.79 Å². The minimum atomic E-state index is -0.0995. The smallest absolute Gasteiger partial charge is 0.188 e. The zero-order valence-corrected chi connectivity index (χ0v) is 14.2. The largest absolute Gasteiger partial charge is 0.289 e. The Morgan fingerprint density at radius 1 is 1.00 bits per heavy atom. The molecular weight excluding hydrogens is 348 g/mol. The summed E-state index contributed by atoms with van der Waals surface area (Å²) in [5.41, 5.74) is 2.04. The van der Waals surface area contributed by atoms with Crippen molar-refractivity contribution in [2.45, 2.75) is 0 Å². The van der Waals surface area contributed by atoms with Crippen molar-refractivity contribution in [2.24, 2.45) is 4.99 Å². The first-order chi connectivity index (χ1) is 11.2. The second-order valence-corrected chi connectivity index (χ2v) is 6.77. The number of aromatic nitrogens is 1. The minimum Gasteiger partial charge on any atom is -0.289 e. The number of carbonyl (C=O) groups is 1. The van der Waals surface area contributed by atoms with E-state index in [2.05, 4.69) is 9.37 Å². The van der Waals surface area contributed by atoms with E-state index >= 15 is 0 Å². The van der Waals surface area contributed by atoms with Gasteiger partial charge in [0, 0.05) is 27.7 Å². The summed E-state index contributed by atoms with van der Waals surface area (Å²) in [7, 11) is 2.65. The normalized spacial score (nSPS) is 12.4. The zero-order valence-electron chi connectivity index (χ0n) is 11.8. The lowest BCUT2D eigenvalue weighted by Gasteiger charge is -2.02. The fourth-order valence-corrected chi connectivity index (χ4v) is 3.92. The van der Waals surface area contributed by atoms with Gasteiger partial charge in [0.05, 0.1) is 5.70 Å². The van der Waals surface area contributed by atoms with Crippen LogP contribution >= 0.6 is 32.5 Å². The van der Waals surface area contributed by atoms with Gasteiger partial charge in [-0.1, -0.05) is 72.3 Å². The molecular formula is C17H11ClN2OS2. The van der Waals surface area contributed by atoms with Crippen molar-refractivity contribution in [1.82, 2.24) is 4.37 Å². The van der Waals surface area contributed by atoms with E-state index in [1.165, 1.54) is 27.0 Å². The van der Waals surface area contributed by atoms with Gasteiger partial charge < -0.3 is 0 Å². The van der Waals surface area contributed by atoms with E-state index in [-0.39, 0.29) is 5.78 Å². The quantitative estimate of drug-likeness (QED) is 0.386. The fourth-order valence-electron chi connectivity index (χ4n) is 1.93. The number of carbonyl (C=O) groups excluding carboxylic acids is 1. The average molecular weight is 359 g/mol. The van der Waals surface area contributed by atoms with Gasteiger partial charge in [-0.3, -0.25) is 4.79 Å². The van der Waals surface area contributed by atoms with Gasteiger partial charge in [-0.25, -0.2) is 4.99 Å². The summed E-state index contributed by atoms with van der Waals surface area (Å²) >= 11 is 6.03. The molecule has 6 heteroatoms. The molecule has 0 saturated carbocycles. The molecule has 0 N–H and O–H groups in total. The number of halogens is 1. The first-order valence-electron chi connectivity index (χ1n) is 6.77. The second-order valence-electron chi connectivity index (χ2n) is 4.58. The SMILES string of the molecule is O=C(/C=C(\N=c1ssnc1Cl)c1ccccc1)c1ccccc1. The lowest BCUT2D eigenvalue weighted by Crippen LogP contribution is -1.99. The van der Waals surface area contributed by atoms with Crippen molar-refractivity contribution in [3.8, 4) is 0 Å². The maximum Gasteiger partial charge on any atom is 0.188 e. The Balaban J connectivity index is 2.08. The highest BCUT2D eigenvalue weighted by atomic mass is 35.5. The van der Waals surface area contributed by atoms with Crippen LogP contribution in [0.15, 0.2) is 71.7 Å². The van der Waals surface area contributed by atoms with Crippen molar-refractivity contribution >= 4 is 44.0 Å². The van der Waals surface area contributed by atoms with Crippen LogP contribution in [0, 0.1) is 0 Å². The van der Waals surface area contributed by atoms with Gasteiger partial charge in [-0.15, -0.1) is 0 Å². The number of benzene rings is 2. The summed E-state index contributed by atoms with van der Waals surface area (Å²) < 4.78 is 4.62. The number of hydrogen-bond acceptors (Lipinski definition) is 5. The number of allylic oxidation sites excluding steroid dienone is 1. The summed E-state index contributed by atoms with van der Waals surface area (Å²) in [6.07, 6.45) is 1.53. The predicted molar refractivity (Wildman–Crippen MR) is 95.8 cm³/mol. The molecule has 0 aliphatic rings. The third-order valence-electron chi connectivity index (χ3n) is 3.03. The highest BCUT2D eigenvalue weighted by Gasteiger charge is 2.07. The van der Waals surface area contributed by atoms with Gasteiger partial charge in [-0.05, 0) is 10.3 Å². The molecule has 3 aromatic rings. The summed E-state index contributed by atoms with van der Waals surface area (Å²) in [5, 5.41) is 0.356. The summed E-state index contributed by atoms with van der Waals surface area (Å²) in [5.74, 6) is -0.0995. The molecule has 0 fully saturated rings. The molecule has 2 aromatic carbocycles. The predicted octanol–water partition coefficient (Wildman–Crippen LogP) is 4.68. The van der Waals surface area contributed by atoms with Crippen molar-refractivity contribution in [1.29, 1.82) is 0 Å².